The van der Waals surface area contributed by atoms with Crippen LogP contribution in [0.4, 0.5) is 0 Å². The zero-order chi connectivity index (χ0) is 13.9. The highest BCUT2D eigenvalue weighted by Gasteiger charge is 2.11. The number of nitrogens with two attached hydrogens (primary N) is 1. The molecule has 0 aromatic rings. The van der Waals surface area contributed by atoms with E-state index in [1.165, 1.54) is 45.2 Å². The number of hydrogen-bond donors (Lipinski definition) is 2. The van der Waals surface area contributed by atoms with Crippen molar-refractivity contribution in [1.29, 1.82) is 0 Å². The third-order valence-corrected chi connectivity index (χ3v) is 2.93. The number of carbonyl (C=O) groups excluding carboxylic acids is 1. The van der Waals surface area contributed by atoms with Crippen molar-refractivity contribution in [3.05, 3.63) is 0 Å². The Morgan fingerprint density at radius 3 is 2.28 bits per heavy atom. The highest BCUT2D eigenvalue weighted by molar-refractivity contribution is 5.37. The molecule has 0 amide bonds. The van der Waals surface area contributed by atoms with Crippen LogP contribution in [0.2, 0.25) is 0 Å². The molecular weight excluding hydrogens is 228 g/mol. The lowest BCUT2D eigenvalue weighted by atomic mass is 9.93. The van der Waals surface area contributed by atoms with Crippen LogP contribution in [0.5, 0.6) is 0 Å². The second kappa shape index (κ2) is 10.3. The molecular formula is C14H30N2O2. The number of rotatable bonds is 5. The topological polar surface area (TPSA) is 64.3 Å². The smallest absolute Gasteiger partial charge is 0.293 e. The molecule has 1 heterocycles. The van der Waals surface area contributed by atoms with Crippen LogP contribution in [0.1, 0.15) is 52.9 Å². The number of unbranched alkanes of at least 4 members (excludes halogenated alkanes) is 1. The maximum Gasteiger partial charge on any atom is 0.293 e. The highest BCUT2D eigenvalue weighted by atomic mass is 16.5. The van der Waals surface area contributed by atoms with Crippen LogP contribution in [0.15, 0.2) is 0 Å². The second-order valence-electron chi connectivity index (χ2n) is 5.80. The molecule has 1 fully saturated rings. The molecule has 0 atom stereocenters. The summed E-state index contributed by atoms with van der Waals surface area (Å²) in [5, 5.41) is 3.38. The number of piperidine rings is 1. The fraction of sp³-hybridized carbons (Fsp3) is 0.929. The molecule has 0 radical (unpaired) electrons. The minimum atomic E-state index is -0.318. The molecule has 1 saturated heterocycles. The van der Waals surface area contributed by atoms with E-state index in [1.807, 2.05) is 20.8 Å². The van der Waals surface area contributed by atoms with E-state index in [0.29, 0.717) is 6.47 Å². The molecule has 1 aliphatic heterocycles. The van der Waals surface area contributed by atoms with Gasteiger partial charge >= 0.3 is 0 Å². The van der Waals surface area contributed by atoms with Crippen LogP contribution in [0.25, 0.3) is 0 Å². The van der Waals surface area contributed by atoms with Crippen molar-refractivity contribution in [2.24, 2.45) is 11.7 Å². The first kappa shape index (κ1) is 17.4. The van der Waals surface area contributed by atoms with Gasteiger partial charge in [-0.25, -0.2) is 0 Å². The monoisotopic (exact) mass is 258 g/mol. The summed E-state index contributed by atoms with van der Waals surface area (Å²) in [5.41, 5.74) is 5.11. The molecule has 1 aliphatic rings. The minimum absolute atomic E-state index is 0.318. The molecule has 4 heteroatoms. The van der Waals surface area contributed by atoms with Crippen molar-refractivity contribution in [3.63, 3.8) is 0 Å². The van der Waals surface area contributed by atoms with Crippen molar-refractivity contribution >= 4 is 6.47 Å². The van der Waals surface area contributed by atoms with Crippen molar-refractivity contribution in [2.75, 3.05) is 19.6 Å². The van der Waals surface area contributed by atoms with E-state index in [1.54, 1.807) is 0 Å². The number of ether oxygens (including phenoxy) is 1. The Labute approximate surface area is 112 Å². The van der Waals surface area contributed by atoms with E-state index in [-0.39, 0.29) is 5.60 Å². The van der Waals surface area contributed by atoms with Crippen LogP contribution in [0.3, 0.4) is 0 Å². The van der Waals surface area contributed by atoms with Crippen LogP contribution in [-0.4, -0.2) is 31.7 Å². The van der Waals surface area contributed by atoms with Gasteiger partial charge in [-0.3, -0.25) is 4.79 Å². The third kappa shape index (κ3) is 11.9. The summed E-state index contributed by atoms with van der Waals surface area (Å²) in [6.45, 7) is 9.25. The Morgan fingerprint density at radius 1 is 1.28 bits per heavy atom. The SMILES string of the molecule is CC(C)(C)OC=O.NCCCCC1CCNCC1. The molecule has 0 aromatic heterocycles. The zero-order valence-electron chi connectivity index (χ0n) is 12.2. The average Bonchev–Trinajstić information content (AvgIpc) is 2.30. The van der Waals surface area contributed by atoms with Crippen LogP contribution < -0.4 is 11.1 Å². The van der Waals surface area contributed by atoms with Gasteiger partial charge in [0.1, 0.15) is 5.60 Å². The van der Waals surface area contributed by atoms with Gasteiger partial charge in [-0.1, -0.05) is 12.8 Å². The molecule has 18 heavy (non-hydrogen) atoms. The summed E-state index contributed by atoms with van der Waals surface area (Å²) in [7, 11) is 0. The van der Waals surface area contributed by atoms with Crippen molar-refractivity contribution in [3.8, 4) is 0 Å². The Bertz CT molecular complexity index is 196. The van der Waals surface area contributed by atoms with Crippen LogP contribution in [-0.2, 0) is 9.53 Å². The first-order valence-corrected chi connectivity index (χ1v) is 7.02. The summed E-state index contributed by atoms with van der Waals surface area (Å²) in [5.74, 6) is 0.989. The van der Waals surface area contributed by atoms with Gasteiger partial charge in [0, 0.05) is 0 Å². The maximum absolute atomic E-state index is 9.60. The van der Waals surface area contributed by atoms with Gasteiger partial charge in [0.15, 0.2) is 0 Å². The summed E-state index contributed by atoms with van der Waals surface area (Å²) in [6.07, 6.45) is 6.71. The van der Waals surface area contributed by atoms with Gasteiger partial charge < -0.3 is 15.8 Å². The summed E-state index contributed by atoms with van der Waals surface area (Å²) < 4.78 is 4.55. The lowest BCUT2D eigenvalue weighted by Gasteiger charge is -2.22. The average molecular weight is 258 g/mol. The number of carbonyl (C=O) groups is 1. The molecule has 0 bridgehead atoms. The highest BCUT2D eigenvalue weighted by Crippen LogP contribution is 2.18. The van der Waals surface area contributed by atoms with Crippen molar-refractivity contribution in [1.82, 2.24) is 5.32 Å². The van der Waals surface area contributed by atoms with Gasteiger partial charge in [-0.2, -0.15) is 0 Å². The minimum Gasteiger partial charge on any atom is -0.462 e. The molecule has 108 valence electrons. The fourth-order valence-corrected chi connectivity index (χ4v) is 1.89. The van der Waals surface area contributed by atoms with E-state index in [2.05, 4.69) is 10.1 Å². The largest absolute Gasteiger partial charge is 0.462 e. The van der Waals surface area contributed by atoms with Crippen LogP contribution in [0, 0.1) is 5.92 Å². The summed E-state index contributed by atoms with van der Waals surface area (Å²) in [6, 6.07) is 0. The molecule has 1 rings (SSSR count). The van der Waals surface area contributed by atoms with Gasteiger partial charge in [0.25, 0.3) is 6.47 Å². The van der Waals surface area contributed by atoms with E-state index < -0.39 is 0 Å². The molecule has 0 saturated carbocycles. The first-order valence-electron chi connectivity index (χ1n) is 7.02. The Hall–Kier alpha value is -0.610. The van der Waals surface area contributed by atoms with Crippen molar-refractivity contribution in [2.45, 2.75) is 58.5 Å². The Morgan fingerprint density at radius 2 is 1.89 bits per heavy atom. The Balaban J connectivity index is 0.000000360. The van der Waals surface area contributed by atoms with Crippen molar-refractivity contribution < 1.29 is 9.53 Å². The third-order valence-electron chi connectivity index (χ3n) is 2.93. The molecule has 0 aliphatic carbocycles. The zero-order valence-corrected chi connectivity index (χ0v) is 12.2. The normalized spacial score (nSPS) is 16.7. The first-order chi connectivity index (χ1) is 8.49. The number of nitrogens with one attached hydrogen (secondary N) is 1. The summed E-state index contributed by atoms with van der Waals surface area (Å²) in [4.78, 5) is 9.60. The molecule has 0 spiro atoms. The van der Waals surface area contributed by atoms with Gasteiger partial charge in [-0.15, -0.1) is 0 Å². The predicted molar refractivity (Wildman–Crippen MR) is 75.4 cm³/mol. The predicted octanol–water partition coefficient (Wildman–Crippen LogP) is 2.07. The molecule has 0 aromatic carbocycles. The lowest BCUT2D eigenvalue weighted by Crippen LogP contribution is -2.27. The van der Waals surface area contributed by atoms with Gasteiger partial charge in [0.05, 0.1) is 0 Å². The standard InChI is InChI=1S/C9H20N2.C5H10O2/c10-6-2-1-3-9-4-7-11-8-5-9;1-5(2,3)7-4-6/h9,11H,1-8,10H2;4H,1-3H3. The molecule has 4 nitrogen and oxygen atoms in total. The summed E-state index contributed by atoms with van der Waals surface area (Å²) >= 11 is 0. The molecule has 3 N–H and O–H groups in total. The van der Waals surface area contributed by atoms with Gasteiger partial charge in [-0.05, 0) is 65.6 Å². The number of hydrogen-bond acceptors (Lipinski definition) is 4. The van der Waals surface area contributed by atoms with E-state index in [0.717, 1.165) is 12.5 Å². The molecule has 0 unspecified atom stereocenters. The fourth-order valence-electron chi connectivity index (χ4n) is 1.89. The van der Waals surface area contributed by atoms with Gasteiger partial charge in [0.2, 0.25) is 0 Å². The lowest BCUT2D eigenvalue weighted by molar-refractivity contribution is -0.138. The van der Waals surface area contributed by atoms with E-state index in [9.17, 15) is 4.79 Å². The Kier molecular flexibility index (Phi) is 9.98. The quantitative estimate of drug-likeness (QED) is 0.585. The van der Waals surface area contributed by atoms with E-state index in [4.69, 9.17) is 5.73 Å². The second-order valence-corrected chi connectivity index (χ2v) is 5.80. The van der Waals surface area contributed by atoms with Crippen LogP contribution >= 0.6 is 0 Å². The maximum atomic E-state index is 9.60. The van der Waals surface area contributed by atoms with E-state index >= 15 is 0 Å².